The highest BCUT2D eigenvalue weighted by atomic mass is 16.5. The molecule has 130 valence electrons. The van der Waals surface area contributed by atoms with Crippen molar-refractivity contribution in [1.29, 1.82) is 0 Å². The average molecular weight is 330 g/mol. The topological polar surface area (TPSA) is 71.7 Å². The number of aryl methyl sites for hydroxylation is 2. The highest BCUT2D eigenvalue weighted by Crippen LogP contribution is 2.25. The van der Waals surface area contributed by atoms with E-state index in [2.05, 4.69) is 33.6 Å². The van der Waals surface area contributed by atoms with Crippen LogP contribution in [0.25, 0.3) is 0 Å². The fourth-order valence-corrected chi connectivity index (χ4v) is 2.43. The number of hydrogen-bond acceptors (Lipinski definition) is 4. The van der Waals surface area contributed by atoms with E-state index in [1.165, 1.54) is 5.56 Å². The maximum atomic E-state index is 5.56. The molecule has 6 heteroatoms. The van der Waals surface area contributed by atoms with Gasteiger partial charge < -0.3 is 19.8 Å². The van der Waals surface area contributed by atoms with Gasteiger partial charge in [0.15, 0.2) is 5.96 Å². The molecule has 0 spiro atoms. The van der Waals surface area contributed by atoms with Crippen molar-refractivity contribution in [2.24, 2.45) is 4.99 Å². The van der Waals surface area contributed by atoms with E-state index in [1.807, 2.05) is 32.0 Å². The van der Waals surface area contributed by atoms with Crippen LogP contribution in [-0.4, -0.2) is 31.6 Å². The number of guanidine groups is 1. The second-order valence-corrected chi connectivity index (χ2v) is 5.70. The lowest BCUT2D eigenvalue weighted by Crippen LogP contribution is -2.38. The van der Waals surface area contributed by atoms with E-state index >= 15 is 0 Å². The van der Waals surface area contributed by atoms with Crippen molar-refractivity contribution in [3.63, 3.8) is 0 Å². The summed E-state index contributed by atoms with van der Waals surface area (Å²) in [4.78, 5) is 8.59. The summed E-state index contributed by atoms with van der Waals surface area (Å²) < 4.78 is 11.0. The van der Waals surface area contributed by atoms with Crippen molar-refractivity contribution < 1.29 is 9.15 Å². The molecule has 0 fully saturated rings. The van der Waals surface area contributed by atoms with E-state index in [9.17, 15) is 0 Å². The van der Waals surface area contributed by atoms with Gasteiger partial charge >= 0.3 is 0 Å². The SMILES string of the molecule is CN=C(NCc1nc(C)c(C)o1)NCC(C)c1ccccc1OC. The molecule has 6 nitrogen and oxygen atoms in total. The zero-order chi connectivity index (χ0) is 17.5. The monoisotopic (exact) mass is 330 g/mol. The van der Waals surface area contributed by atoms with Gasteiger partial charge in [-0.1, -0.05) is 25.1 Å². The Kier molecular flexibility index (Phi) is 6.23. The molecule has 1 atom stereocenters. The molecule has 1 aromatic heterocycles. The van der Waals surface area contributed by atoms with Crippen molar-refractivity contribution in [2.45, 2.75) is 33.2 Å². The number of ether oxygens (including phenoxy) is 1. The normalized spacial score (nSPS) is 12.8. The molecule has 0 aliphatic carbocycles. The average Bonchev–Trinajstić information content (AvgIpc) is 2.92. The van der Waals surface area contributed by atoms with Crippen LogP contribution in [-0.2, 0) is 6.54 Å². The first-order valence-electron chi connectivity index (χ1n) is 8.05. The highest BCUT2D eigenvalue weighted by Gasteiger charge is 2.12. The number of aromatic nitrogens is 1. The Morgan fingerprint density at radius 1 is 1.29 bits per heavy atom. The van der Waals surface area contributed by atoms with Crippen molar-refractivity contribution in [3.05, 3.63) is 47.2 Å². The summed E-state index contributed by atoms with van der Waals surface area (Å²) in [5, 5.41) is 6.54. The molecule has 0 aliphatic heterocycles. The molecular weight excluding hydrogens is 304 g/mol. The van der Waals surface area contributed by atoms with Crippen LogP contribution in [0.1, 0.15) is 35.7 Å². The van der Waals surface area contributed by atoms with Crippen LogP contribution in [0, 0.1) is 13.8 Å². The Labute approximate surface area is 143 Å². The molecule has 0 aliphatic rings. The van der Waals surface area contributed by atoms with Gasteiger partial charge in [0, 0.05) is 19.5 Å². The first kappa shape index (κ1) is 17.8. The quantitative estimate of drug-likeness (QED) is 0.629. The van der Waals surface area contributed by atoms with Crippen LogP contribution in [0.4, 0.5) is 0 Å². The molecule has 2 aromatic rings. The summed E-state index contributed by atoms with van der Waals surface area (Å²) >= 11 is 0. The molecule has 2 rings (SSSR count). The number of nitrogens with zero attached hydrogens (tertiary/aromatic N) is 2. The van der Waals surface area contributed by atoms with Gasteiger partial charge in [-0.05, 0) is 25.5 Å². The molecule has 0 saturated carbocycles. The van der Waals surface area contributed by atoms with Crippen LogP contribution in [0.3, 0.4) is 0 Å². The number of benzene rings is 1. The van der Waals surface area contributed by atoms with E-state index in [1.54, 1.807) is 14.2 Å². The minimum Gasteiger partial charge on any atom is -0.496 e. The summed E-state index contributed by atoms with van der Waals surface area (Å²) in [5.74, 6) is 3.40. The smallest absolute Gasteiger partial charge is 0.214 e. The number of rotatable bonds is 6. The molecule has 1 aromatic carbocycles. The van der Waals surface area contributed by atoms with E-state index in [0.717, 1.165) is 23.7 Å². The molecule has 0 bridgehead atoms. The van der Waals surface area contributed by atoms with Crippen LogP contribution in [0.5, 0.6) is 5.75 Å². The molecule has 0 radical (unpaired) electrons. The van der Waals surface area contributed by atoms with E-state index < -0.39 is 0 Å². The number of methoxy groups -OCH3 is 1. The standard InChI is InChI=1S/C18H26N4O2/c1-12(15-8-6-7-9-16(15)23-5)10-20-18(19-4)21-11-17-22-13(2)14(3)24-17/h6-9,12H,10-11H2,1-5H3,(H2,19,20,21). The third-order valence-electron chi connectivity index (χ3n) is 3.95. The van der Waals surface area contributed by atoms with Gasteiger partial charge in [0.2, 0.25) is 5.89 Å². The summed E-state index contributed by atoms with van der Waals surface area (Å²) in [7, 11) is 3.44. The molecule has 1 heterocycles. The second-order valence-electron chi connectivity index (χ2n) is 5.70. The van der Waals surface area contributed by atoms with Gasteiger partial charge in [0.25, 0.3) is 0 Å². The summed E-state index contributed by atoms with van der Waals surface area (Å²) in [6, 6.07) is 8.06. The summed E-state index contributed by atoms with van der Waals surface area (Å²) in [5.41, 5.74) is 2.08. The van der Waals surface area contributed by atoms with Crippen molar-refractivity contribution in [3.8, 4) is 5.75 Å². The zero-order valence-corrected chi connectivity index (χ0v) is 15.0. The zero-order valence-electron chi connectivity index (χ0n) is 15.0. The van der Waals surface area contributed by atoms with Gasteiger partial charge in [-0.15, -0.1) is 0 Å². The predicted octanol–water partition coefficient (Wildman–Crippen LogP) is 2.77. The predicted molar refractivity (Wildman–Crippen MR) is 95.6 cm³/mol. The largest absolute Gasteiger partial charge is 0.496 e. The molecule has 0 amide bonds. The van der Waals surface area contributed by atoms with Gasteiger partial charge in [-0.3, -0.25) is 4.99 Å². The van der Waals surface area contributed by atoms with Crippen molar-refractivity contribution >= 4 is 5.96 Å². The second kappa shape index (κ2) is 8.38. The number of hydrogen-bond donors (Lipinski definition) is 2. The van der Waals surface area contributed by atoms with E-state index in [-0.39, 0.29) is 5.92 Å². The lowest BCUT2D eigenvalue weighted by molar-refractivity contribution is 0.406. The Balaban J connectivity index is 1.89. The highest BCUT2D eigenvalue weighted by molar-refractivity contribution is 5.79. The first-order valence-corrected chi connectivity index (χ1v) is 8.05. The lowest BCUT2D eigenvalue weighted by atomic mass is 10.0. The van der Waals surface area contributed by atoms with Gasteiger partial charge in [-0.2, -0.15) is 0 Å². The fourth-order valence-electron chi connectivity index (χ4n) is 2.43. The van der Waals surface area contributed by atoms with Crippen LogP contribution in [0.15, 0.2) is 33.7 Å². The number of nitrogens with one attached hydrogen (secondary N) is 2. The molecule has 0 saturated heterocycles. The van der Waals surface area contributed by atoms with Crippen molar-refractivity contribution in [2.75, 3.05) is 20.7 Å². The Hall–Kier alpha value is -2.50. The van der Waals surface area contributed by atoms with E-state index in [0.29, 0.717) is 18.4 Å². The van der Waals surface area contributed by atoms with Crippen LogP contribution >= 0.6 is 0 Å². The van der Waals surface area contributed by atoms with Gasteiger partial charge in [-0.25, -0.2) is 4.98 Å². The Bertz CT molecular complexity index is 675. The number of aliphatic imine (C=N–C) groups is 1. The Morgan fingerprint density at radius 2 is 2.04 bits per heavy atom. The maximum Gasteiger partial charge on any atom is 0.214 e. The number of para-hydroxylation sites is 1. The number of oxazole rings is 1. The van der Waals surface area contributed by atoms with E-state index in [4.69, 9.17) is 9.15 Å². The first-order chi connectivity index (χ1) is 11.5. The van der Waals surface area contributed by atoms with Crippen LogP contribution < -0.4 is 15.4 Å². The minimum atomic E-state index is 0.283. The maximum absolute atomic E-state index is 5.56. The molecule has 1 unspecified atom stereocenters. The third kappa shape index (κ3) is 4.50. The molecule has 2 N–H and O–H groups in total. The molecular formula is C18H26N4O2. The van der Waals surface area contributed by atoms with Crippen LogP contribution in [0.2, 0.25) is 0 Å². The van der Waals surface area contributed by atoms with Gasteiger partial charge in [0.05, 0.1) is 19.3 Å². The van der Waals surface area contributed by atoms with Crippen molar-refractivity contribution in [1.82, 2.24) is 15.6 Å². The fraction of sp³-hybridized carbons (Fsp3) is 0.444. The molecule has 24 heavy (non-hydrogen) atoms. The summed E-state index contributed by atoms with van der Waals surface area (Å²) in [6.45, 7) is 7.23. The minimum absolute atomic E-state index is 0.283. The van der Waals surface area contributed by atoms with Gasteiger partial charge in [0.1, 0.15) is 11.5 Å². The third-order valence-corrected chi connectivity index (χ3v) is 3.95. The Morgan fingerprint density at radius 3 is 2.67 bits per heavy atom. The lowest BCUT2D eigenvalue weighted by Gasteiger charge is -2.18. The summed E-state index contributed by atoms with van der Waals surface area (Å²) in [6.07, 6.45) is 0.